The molecule has 4 aliphatic rings. The number of aliphatic hydroxyl groups is 1. The van der Waals surface area contributed by atoms with Crippen molar-refractivity contribution in [1.29, 1.82) is 0 Å². The number of piperazine rings is 1. The van der Waals surface area contributed by atoms with Gasteiger partial charge in [-0.2, -0.15) is 13.2 Å². The summed E-state index contributed by atoms with van der Waals surface area (Å²) < 4.78 is 40.7. The number of para-hydroxylation sites is 1. The third-order valence-corrected chi connectivity index (χ3v) is 9.38. The number of hydrogen-bond donors (Lipinski definition) is 1. The van der Waals surface area contributed by atoms with E-state index < -0.39 is 17.3 Å². The lowest BCUT2D eigenvalue weighted by molar-refractivity contribution is -0.141. The lowest BCUT2D eigenvalue weighted by Gasteiger charge is -2.43. The minimum atomic E-state index is -4.55. The summed E-state index contributed by atoms with van der Waals surface area (Å²) in [6.45, 7) is 3.34. The summed E-state index contributed by atoms with van der Waals surface area (Å²) in [5.74, 6) is 0.154. The van der Waals surface area contributed by atoms with Crippen LogP contribution in [0.1, 0.15) is 50.6 Å². The number of aliphatic hydroxyl groups excluding tert-OH is 1. The summed E-state index contributed by atoms with van der Waals surface area (Å²) in [6, 6.07) is 8.02. The van der Waals surface area contributed by atoms with Crippen molar-refractivity contribution < 1.29 is 27.9 Å². The van der Waals surface area contributed by atoms with Gasteiger partial charge in [-0.1, -0.05) is 18.2 Å². The summed E-state index contributed by atoms with van der Waals surface area (Å²) in [4.78, 5) is 38.5. The molecule has 3 saturated heterocycles. The predicted octanol–water partition coefficient (Wildman–Crippen LogP) is 4.11. The molecule has 1 atom stereocenters. The van der Waals surface area contributed by atoms with Gasteiger partial charge < -0.3 is 24.7 Å². The van der Waals surface area contributed by atoms with E-state index >= 15 is 0 Å². The number of alkyl halides is 3. The van der Waals surface area contributed by atoms with Gasteiger partial charge in [0.1, 0.15) is 5.69 Å². The summed E-state index contributed by atoms with van der Waals surface area (Å²) in [5, 5.41) is 10.5. The molecule has 2 aromatic rings. The minimum absolute atomic E-state index is 0.0960. The van der Waals surface area contributed by atoms with E-state index in [1.54, 1.807) is 29.2 Å². The molecule has 3 amide bonds. The second-order valence-electron chi connectivity index (χ2n) is 11.8. The fourth-order valence-electron chi connectivity index (χ4n) is 7.14. The van der Waals surface area contributed by atoms with Gasteiger partial charge in [-0.25, -0.2) is 9.78 Å². The largest absolute Gasteiger partial charge is 0.433 e. The Kier molecular flexibility index (Phi) is 7.04. The molecule has 4 heterocycles. The molecule has 8 nitrogen and oxygen atoms in total. The van der Waals surface area contributed by atoms with Gasteiger partial charge >= 0.3 is 12.2 Å². The normalized spacial score (nSPS) is 28.1. The molecule has 1 aromatic carbocycles. The van der Waals surface area contributed by atoms with Crippen molar-refractivity contribution in [3.63, 3.8) is 0 Å². The van der Waals surface area contributed by atoms with Gasteiger partial charge in [0.15, 0.2) is 0 Å². The number of amides is 3. The smallest absolute Gasteiger partial charge is 0.393 e. The quantitative estimate of drug-likeness (QED) is 0.599. The number of nitrogens with zero attached hydrogens (tertiary/aromatic N) is 5. The van der Waals surface area contributed by atoms with Crippen LogP contribution >= 0.6 is 0 Å². The Balaban J connectivity index is 1.12. The molecule has 40 heavy (non-hydrogen) atoms. The number of piperidine rings is 1. The Bertz CT molecular complexity index is 1270. The van der Waals surface area contributed by atoms with E-state index in [-0.39, 0.29) is 24.1 Å². The maximum absolute atomic E-state index is 13.6. The maximum atomic E-state index is 13.6. The number of urea groups is 1. The van der Waals surface area contributed by atoms with Crippen molar-refractivity contribution in [2.75, 3.05) is 50.7 Å². The molecule has 1 aromatic heterocycles. The number of likely N-dealkylation sites (tertiary alicyclic amines) is 2. The van der Waals surface area contributed by atoms with Crippen molar-refractivity contribution >= 4 is 28.5 Å². The standard InChI is InChI=1S/C29H36F3N5O3/c30-29(31,32)25-18-24(22-4-1-2-5-23(22)33-25)34-14-16-35(17-15-34)27(40)36-12-3-10-28(19-36)11-13-37(26(28)39)20-6-8-21(38)9-7-20/h1-2,4-5,18,20-21,38H,3,6-17,19H2/t20?,21?,28-/m1/s1. The molecule has 216 valence electrons. The fourth-order valence-corrected chi connectivity index (χ4v) is 7.14. The lowest BCUT2D eigenvalue weighted by Crippen LogP contribution is -2.57. The van der Waals surface area contributed by atoms with E-state index in [1.165, 1.54) is 0 Å². The zero-order valence-electron chi connectivity index (χ0n) is 22.6. The van der Waals surface area contributed by atoms with Crippen molar-refractivity contribution in [3.05, 3.63) is 36.0 Å². The van der Waals surface area contributed by atoms with Crippen molar-refractivity contribution in [2.24, 2.45) is 5.41 Å². The second-order valence-corrected chi connectivity index (χ2v) is 11.8. The highest BCUT2D eigenvalue weighted by molar-refractivity contribution is 5.92. The number of fused-ring (bicyclic) bond motifs is 1. The molecule has 6 rings (SSSR count). The average Bonchev–Trinajstić information content (AvgIpc) is 3.26. The van der Waals surface area contributed by atoms with Crippen LogP contribution in [0.2, 0.25) is 0 Å². The van der Waals surface area contributed by atoms with Crippen LogP contribution in [0.4, 0.5) is 23.7 Å². The van der Waals surface area contributed by atoms with Gasteiger partial charge in [-0.15, -0.1) is 0 Å². The molecule has 1 saturated carbocycles. The predicted molar refractivity (Wildman–Crippen MR) is 144 cm³/mol. The molecule has 11 heteroatoms. The Morgan fingerprint density at radius 2 is 1.68 bits per heavy atom. The van der Waals surface area contributed by atoms with Crippen molar-refractivity contribution in [1.82, 2.24) is 19.7 Å². The van der Waals surface area contributed by atoms with Crippen LogP contribution in [0.15, 0.2) is 30.3 Å². The van der Waals surface area contributed by atoms with E-state index in [2.05, 4.69) is 4.98 Å². The number of aromatic nitrogens is 1. The Morgan fingerprint density at radius 1 is 0.950 bits per heavy atom. The topological polar surface area (TPSA) is 80.2 Å². The zero-order valence-corrected chi connectivity index (χ0v) is 22.6. The third-order valence-electron chi connectivity index (χ3n) is 9.38. The first-order chi connectivity index (χ1) is 19.1. The van der Waals surface area contributed by atoms with Crippen LogP contribution in [0.25, 0.3) is 10.9 Å². The first kappa shape index (κ1) is 27.1. The number of benzene rings is 1. The molecule has 0 unspecified atom stereocenters. The Morgan fingerprint density at radius 3 is 2.40 bits per heavy atom. The van der Waals surface area contributed by atoms with E-state index in [4.69, 9.17) is 0 Å². The number of pyridine rings is 1. The SMILES string of the molecule is O=C(N1CCN(c2cc(C(F)(F)F)nc3ccccc23)CC1)N1CCC[C@@]2(CCN(C3CCC(O)CC3)C2=O)C1. The van der Waals surface area contributed by atoms with Crippen LogP contribution in [-0.2, 0) is 11.0 Å². The molecule has 0 bridgehead atoms. The molecule has 1 aliphatic carbocycles. The highest BCUT2D eigenvalue weighted by Crippen LogP contribution is 2.43. The van der Waals surface area contributed by atoms with E-state index in [9.17, 15) is 27.9 Å². The number of anilines is 1. The first-order valence-corrected chi connectivity index (χ1v) is 14.4. The van der Waals surface area contributed by atoms with Crippen LogP contribution in [0.5, 0.6) is 0 Å². The average molecular weight is 560 g/mol. The van der Waals surface area contributed by atoms with Gasteiger partial charge in [-0.05, 0) is 57.1 Å². The van der Waals surface area contributed by atoms with Gasteiger partial charge in [0.25, 0.3) is 0 Å². The summed E-state index contributed by atoms with van der Waals surface area (Å²) in [5.41, 5.74) is -0.675. The second kappa shape index (κ2) is 10.4. The molecule has 3 aliphatic heterocycles. The number of hydrogen-bond acceptors (Lipinski definition) is 5. The van der Waals surface area contributed by atoms with Crippen molar-refractivity contribution in [3.8, 4) is 0 Å². The van der Waals surface area contributed by atoms with Crippen molar-refractivity contribution in [2.45, 2.75) is 63.3 Å². The van der Waals surface area contributed by atoms with Crippen LogP contribution in [0, 0.1) is 5.41 Å². The van der Waals surface area contributed by atoms with Gasteiger partial charge in [-0.3, -0.25) is 4.79 Å². The minimum Gasteiger partial charge on any atom is -0.393 e. The van der Waals surface area contributed by atoms with Gasteiger partial charge in [0.2, 0.25) is 5.91 Å². The Hall–Kier alpha value is -3.08. The monoisotopic (exact) mass is 559 g/mol. The van der Waals surface area contributed by atoms with Gasteiger partial charge in [0, 0.05) is 62.9 Å². The molecule has 4 fully saturated rings. The van der Waals surface area contributed by atoms with Crippen LogP contribution in [0.3, 0.4) is 0 Å². The molecular formula is C29H36F3N5O3. The number of rotatable bonds is 2. The van der Waals surface area contributed by atoms with Crippen LogP contribution < -0.4 is 4.90 Å². The summed E-state index contributed by atoms with van der Waals surface area (Å²) >= 11 is 0. The Labute approximate surface area is 231 Å². The summed E-state index contributed by atoms with van der Waals surface area (Å²) in [6.07, 6.45) is 0.598. The number of halogens is 3. The van der Waals surface area contributed by atoms with Crippen LogP contribution in [-0.4, -0.2) is 94.7 Å². The van der Waals surface area contributed by atoms with Gasteiger partial charge in [0.05, 0.1) is 17.0 Å². The molecule has 1 N–H and O–H groups in total. The lowest BCUT2D eigenvalue weighted by atomic mass is 9.78. The highest BCUT2D eigenvalue weighted by atomic mass is 19.4. The number of carbonyl (C=O) groups is 2. The fraction of sp³-hybridized carbons (Fsp3) is 0.621. The molecular weight excluding hydrogens is 523 g/mol. The number of carbonyl (C=O) groups excluding carboxylic acids is 2. The zero-order chi connectivity index (χ0) is 28.1. The van der Waals surface area contributed by atoms with E-state index in [0.29, 0.717) is 62.4 Å². The summed E-state index contributed by atoms with van der Waals surface area (Å²) in [7, 11) is 0. The highest BCUT2D eigenvalue weighted by Gasteiger charge is 2.51. The molecule has 0 radical (unpaired) electrons. The third kappa shape index (κ3) is 4.97. The first-order valence-electron chi connectivity index (χ1n) is 14.4. The molecule has 1 spiro atoms. The van der Waals surface area contributed by atoms with E-state index in [1.807, 2.05) is 14.7 Å². The van der Waals surface area contributed by atoms with E-state index in [0.717, 1.165) is 51.0 Å². The maximum Gasteiger partial charge on any atom is 0.433 e.